The normalized spacial score (nSPS) is 17.4. The standard InChI is InChI=1S/C25H28N2O2/c1-17-6-9-23-22(14-17)24(28-2)16-25(26-23)29-21-8-7-18-10-12-27(20-4-3-5-20)13-11-19(18)15-21/h6-9,14-16,20H,3-5,10-13H2,1-2H3. The van der Waals surface area contributed by atoms with Gasteiger partial charge in [-0.05, 0) is 68.0 Å². The Kier molecular flexibility index (Phi) is 4.88. The average Bonchev–Trinajstić information content (AvgIpc) is 2.89. The van der Waals surface area contributed by atoms with Gasteiger partial charge in [-0.2, -0.15) is 0 Å². The number of fused-ring (bicyclic) bond motifs is 2. The summed E-state index contributed by atoms with van der Waals surface area (Å²) in [5.41, 5.74) is 4.94. The lowest BCUT2D eigenvalue weighted by molar-refractivity contribution is 0.133. The fourth-order valence-electron chi connectivity index (χ4n) is 4.53. The van der Waals surface area contributed by atoms with Crippen LogP contribution in [0.15, 0.2) is 42.5 Å². The maximum Gasteiger partial charge on any atom is 0.223 e. The van der Waals surface area contributed by atoms with E-state index >= 15 is 0 Å². The molecule has 1 aliphatic heterocycles. The average molecular weight is 389 g/mol. The second-order valence-corrected chi connectivity index (χ2v) is 8.34. The molecule has 150 valence electrons. The van der Waals surface area contributed by atoms with E-state index in [2.05, 4.69) is 42.2 Å². The molecule has 2 aromatic carbocycles. The molecule has 0 N–H and O–H groups in total. The van der Waals surface area contributed by atoms with Crippen molar-refractivity contribution < 1.29 is 9.47 Å². The molecule has 29 heavy (non-hydrogen) atoms. The number of nitrogens with zero attached hydrogens (tertiary/aromatic N) is 2. The van der Waals surface area contributed by atoms with E-state index in [9.17, 15) is 0 Å². The quantitative estimate of drug-likeness (QED) is 0.608. The molecule has 1 aliphatic carbocycles. The molecule has 1 saturated carbocycles. The first-order valence-corrected chi connectivity index (χ1v) is 10.7. The van der Waals surface area contributed by atoms with Gasteiger partial charge in [0, 0.05) is 30.6 Å². The van der Waals surface area contributed by atoms with Crippen molar-refractivity contribution in [1.29, 1.82) is 0 Å². The van der Waals surface area contributed by atoms with Gasteiger partial charge in [0.2, 0.25) is 5.88 Å². The zero-order valence-corrected chi connectivity index (χ0v) is 17.3. The maximum atomic E-state index is 6.17. The van der Waals surface area contributed by atoms with Crippen molar-refractivity contribution in [3.63, 3.8) is 0 Å². The maximum absolute atomic E-state index is 6.17. The van der Waals surface area contributed by atoms with E-state index in [1.54, 1.807) is 7.11 Å². The van der Waals surface area contributed by atoms with Crippen LogP contribution < -0.4 is 9.47 Å². The lowest BCUT2D eigenvalue weighted by Gasteiger charge is -2.36. The van der Waals surface area contributed by atoms with Crippen LogP contribution in [0.2, 0.25) is 0 Å². The van der Waals surface area contributed by atoms with Crippen molar-refractivity contribution in [2.75, 3.05) is 20.2 Å². The summed E-state index contributed by atoms with van der Waals surface area (Å²) in [7, 11) is 1.69. The molecule has 3 aromatic rings. The number of hydrogen-bond acceptors (Lipinski definition) is 4. The highest BCUT2D eigenvalue weighted by Gasteiger charge is 2.26. The summed E-state index contributed by atoms with van der Waals surface area (Å²) >= 11 is 0. The van der Waals surface area contributed by atoms with Gasteiger partial charge in [0.25, 0.3) is 0 Å². The third-order valence-electron chi connectivity index (χ3n) is 6.45. The highest BCUT2D eigenvalue weighted by Crippen LogP contribution is 2.33. The first-order valence-electron chi connectivity index (χ1n) is 10.7. The van der Waals surface area contributed by atoms with Gasteiger partial charge in [0.1, 0.15) is 11.5 Å². The van der Waals surface area contributed by atoms with Crippen molar-refractivity contribution in [1.82, 2.24) is 9.88 Å². The lowest BCUT2D eigenvalue weighted by Crippen LogP contribution is -2.41. The SMILES string of the molecule is COc1cc(Oc2ccc3c(c2)CCN(C2CCC2)CC3)nc2ccc(C)cc12. The number of rotatable bonds is 4. The molecular weight excluding hydrogens is 360 g/mol. The molecule has 2 heterocycles. The molecular formula is C25H28N2O2. The van der Waals surface area contributed by atoms with Gasteiger partial charge in [0.05, 0.1) is 12.6 Å². The Bertz CT molecular complexity index is 1040. The molecule has 0 atom stereocenters. The predicted molar refractivity (Wildman–Crippen MR) is 116 cm³/mol. The van der Waals surface area contributed by atoms with Gasteiger partial charge >= 0.3 is 0 Å². The summed E-state index contributed by atoms with van der Waals surface area (Å²) in [6.07, 6.45) is 6.37. The van der Waals surface area contributed by atoms with E-state index in [-0.39, 0.29) is 0 Å². The first-order chi connectivity index (χ1) is 14.2. The molecule has 0 spiro atoms. The van der Waals surface area contributed by atoms with Gasteiger partial charge in [-0.1, -0.05) is 24.1 Å². The van der Waals surface area contributed by atoms with E-state index in [1.807, 2.05) is 12.1 Å². The Morgan fingerprint density at radius 2 is 1.79 bits per heavy atom. The zero-order chi connectivity index (χ0) is 19.8. The van der Waals surface area contributed by atoms with Gasteiger partial charge < -0.3 is 9.47 Å². The number of aromatic nitrogens is 1. The summed E-state index contributed by atoms with van der Waals surface area (Å²) in [4.78, 5) is 7.38. The van der Waals surface area contributed by atoms with E-state index in [1.165, 1.54) is 42.5 Å². The van der Waals surface area contributed by atoms with Crippen LogP contribution in [-0.2, 0) is 12.8 Å². The predicted octanol–water partition coefficient (Wildman–Crippen LogP) is 5.30. The van der Waals surface area contributed by atoms with Crippen LogP contribution in [-0.4, -0.2) is 36.1 Å². The van der Waals surface area contributed by atoms with E-state index in [4.69, 9.17) is 14.5 Å². The minimum Gasteiger partial charge on any atom is -0.496 e. The summed E-state index contributed by atoms with van der Waals surface area (Å²) in [6, 6.07) is 15.4. The minimum absolute atomic E-state index is 0.572. The number of benzene rings is 2. The molecule has 4 nitrogen and oxygen atoms in total. The third-order valence-corrected chi connectivity index (χ3v) is 6.45. The Morgan fingerprint density at radius 1 is 0.966 bits per heavy atom. The van der Waals surface area contributed by atoms with Crippen molar-refractivity contribution in [3.8, 4) is 17.4 Å². The molecule has 1 aromatic heterocycles. The second-order valence-electron chi connectivity index (χ2n) is 8.34. The third kappa shape index (κ3) is 3.69. The second kappa shape index (κ2) is 7.68. The fraction of sp³-hybridized carbons (Fsp3) is 0.400. The topological polar surface area (TPSA) is 34.6 Å². The molecule has 0 saturated heterocycles. The number of methoxy groups -OCH3 is 1. The van der Waals surface area contributed by atoms with Crippen LogP contribution in [0.5, 0.6) is 17.4 Å². The van der Waals surface area contributed by atoms with Crippen molar-refractivity contribution in [2.45, 2.75) is 45.1 Å². The van der Waals surface area contributed by atoms with Crippen molar-refractivity contribution in [3.05, 3.63) is 59.2 Å². The van der Waals surface area contributed by atoms with Gasteiger partial charge in [-0.15, -0.1) is 0 Å². The largest absolute Gasteiger partial charge is 0.496 e. The van der Waals surface area contributed by atoms with Crippen molar-refractivity contribution in [2.24, 2.45) is 0 Å². The Morgan fingerprint density at radius 3 is 2.55 bits per heavy atom. The number of ether oxygens (including phenoxy) is 2. The summed E-state index contributed by atoms with van der Waals surface area (Å²) in [6.45, 7) is 4.41. The van der Waals surface area contributed by atoms with Crippen LogP contribution in [0.4, 0.5) is 0 Å². The highest BCUT2D eigenvalue weighted by molar-refractivity contribution is 5.86. The summed E-state index contributed by atoms with van der Waals surface area (Å²) in [5, 5.41) is 1.01. The Hall–Kier alpha value is -2.59. The van der Waals surface area contributed by atoms with Crippen LogP contribution in [0, 0.1) is 6.92 Å². The minimum atomic E-state index is 0.572. The van der Waals surface area contributed by atoms with Crippen LogP contribution in [0.1, 0.15) is 36.0 Å². The molecule has 0 bridgehead atoms. The summed E-state index contributed by atoms with van der Waals surface area (Å²) < 4.78 is 11.8. The van der Waals surface area contributed by atoms with E-state index < -0.39 is 0 Å². The van der Waals surface area contributed by atoms with E-state index in [0.29, 0.717) is 5.88 Å². The first kappa shape index (κ1) is 18.4. The number of aryl methyl sites for hydroxylation is 1. The molecule has 4 heteroatoms. The van der Waals surface area contributed by atoms with E-state index in [0.717, 1.165) is 47.8 Å². The van der Waals surface area contributed by atoms with Crippen molar-refractivity contribution >= 4 is 10.9 Å². The Labute approximate surface area is 172 Å². The van der Waals surface area contributed by atoms with Gasteiger partial charge in [0.15, 0.2) is 0 Å². The molecule has 0 radical (unpaired) electrons. The summed E-state index contributed by atoms with van der Waals surface area (Å²) in [5.74, 6) is 2.21. The number of hydrogen-bond donors (Lipinski definition) is 0. The molecule has 5 rings (SSSR count). The highest BCUT2D eigenvalue weighted by atomic mass is 16.5. The monoisotopic (exact) mass is 388 g/mol. The fourth-order valence-corrected chi connectivity index (χ4v) is 4.53. The zero-order valence-electron chi connectivity index (χ0n) is 17.3. The molecule has 2 aliphatic rings. The van der Waals surface area contributed by atoms with Crippen LogP contribution in [0.3, 0.4) is 0 Å². The molecule has 1 fully saturated rings. The molecule has 0 unspecified atom stereocenters. The number of pyridine rings is 1. The Balaban J connectivity index is 1.39. The van der Waals surface area contributed by atoms with Gasteiger partial charge in [-0.3, -0.25) is 4.90 Å². The van der Waals surface area contributed by atoms with Crippen LogP contribution >= 0.6 is 0 Å². The van der Waals surface area contributed by atoms with Gasteiger partial charge in [-0.25, -0.2) is 4.98 Å². The van der Waals surface area contributed by atoms with Crippen LogP contribution in [0.25, 0.3) is 10.9 Å². The smallest absolute Gasteiger partial charge is 0.223 e. The lowest BCUT2D eigenvalue weighted by atomic mass is 9.91. The molecule has 0 amide bonds.